The van der Waals surface area contributed by atoms with Crippen LogP contribution in [0.15, 0.2) is 72.9 Å². The lowest BCUT2D eigenvalue weighted by Crippen LogP contribution is -2.43. The van der Waals surface area contributed by atoms with E-state index in [1.54, 1.807) is 10.7 Å². The molecule has 3 atom stereocenters. The third-order valence-corrected chi connectivity index (χ3v) is 11.7. The number of benzene rings is 2. The number of hydrogen-bond donors (Lipinski definition) is 1. The van der Waals surface area contributed by atoms with Crippen LogP contribution in [0.2, 0.25) is 0 Å². The summed E-state index contributed by atoms with van der Waals surface area (Å²) in [7, 11) is 0. The number of halogens is 1. The van der Waals surface area contributed by atoms with E-state index in [-0.39, 0.29) is 18.4 Å². The first kappa shape index (κ1) is 40.1. The molecule has 3 aliphatic rings. The molecule has 1 aliphatic carbocycles. The number of pyridine rings is 1. The van der Waals surface area contributed by atoms with Crippen LogP contribution in [0.3, 0.4) is 0 Å². The second-order valence-corrected chi connectivity index (χ2v) is 16.9. The molecular formula is C44H54FN9O5. The summed E-state index contributed by atoms with van der Waals surface area (Å²) in [6.45, 7) is 12.0. The van der Waals surface area contributed by atoms with Crippen molar-refractivity contribution in [1.82, 2.24) is 34.6 Å². The minimum Gasteiger partial charge on any atom is -0.492 e. The molecule has 5 aromatic rings. The number of ether oxygens (including phenoxy) is 2. The van der Waals surface area contributed by atoms with Crippen molar-refractivity contribution in [1.29, 1.82) is 0 Å². The molecule has 2 aliphatic heterocycles. The highest BCUT2D eigenvalue weighted by atomic mass is 19.1. The van der Waals surface area contributed by atoms with Crippen molar-refractivity contribution in [3.63, 3.8) is 0 Å². The number of likely N-dealkylation sites (tertiary alicyclic amines) is 1. The van der Waals surface area contributed by atoms with Gasteiger partial charge in [0.2, 0.25) is 5.95 Å². The van der Waals surface area contributed by atoms with Crippen LogP contribution < -0.4 is 24.8 Å². The van der Waals surface area contributed by atoms with Crippen LogP contribution >= 0.6 is 0 Å². The Bertz CT molecular complexity index is 2250. The van der Waals surface area contributed by atoms with Crippen molar-refractivity contribution in [3.05, 3.63) is 89.7 Å². The standard InChI is InChI=1S/C44H54FN9O5/c1-30-10-7-8-21-51(30)42-48-47-40-18-15-34(28-52(40)42)59-38-17-16-37(35-13-5-6-14-36(35)38)46-43(56)54(58-29-55)41-27-39(44(2,3)4)49-53(41)32-11-9-12-33(26-32)57-25-24-50-22-19-31(45)20-23-50/h5-6,9,11-15,18,26-31,37-38H,7-8,10,16-17,19-25H2,1-4H3,(H,46,56)/t30-,37-,38+/m0/s1. The molecule has 1 N–H and O–H groups in total. The molecule has 2 saturated heterocycles. The fourth-order valence-corrected chi connectivity index (χ4v) is 8.36. The second-order valence-electron chi connectivity index (χ2n) is 16.9. The average Bonchev–Trinajstić information content (AvgIpc) is 3.87. The van der Waals surface area contributed by atoms with Crippen molar-refractivity contribution < 1.29 is 28.3 Å². The van der Waals surface area contributed by atoms with Gasteiger partial charge in [-0.05, 0) is 87.3 Å². The maximum Gasteiger partial charge on any atom is 0.357 e. The maximum absolute atomic E-state index is 14.3. The minimum atomic E-state index is -0.726. The number of carbonyl (C=O) groups excluding carboxylic acids is 2. The summed E-state index contributed by atoms with van der Waals surface area (Å²) in [6.07, 6.45) is 6.73. The van der Waals surface area contributed by atoms with Gasteiger partial charge in [0, 0.05) is 49.8 Å². The van der Waals surface area contributed by atoms with Crippen LogP contribution in [0, 0.1) is 0 Å². The Morgan fingerprint density at radius 2 is 1.75 bits per heavy atom. The van der Waals surface area contributed by atoms with Gasteiger partial charge < -0.3 is 24.5 Å². The molecule has 0 saturated carbocycles. The number of anilines is 2. The van der Waals surface area contributed by atoms with Crippen molar-refractivity contribution in [2.75, 3.05) is 42.7 Å². The normalized spacial score (nSPS) is 20.2. The van der Waals surface area contributed by atoms with E-state index in [1.807, 2.05) is 92.0 Å². The number of nitrogens with one attached hydrogen (secondary N) is 1. The fourth-order valence-electron chi connectivity index (χ4n) is 8.36. The van der Waals surface area contributed by atoms with Crippen LogP contribution in [0.1, 0.15) is 102 Å². The number of hydroxylamine groups is 1. The molecule has 3 aromatic heterocycles. The van der Waals surface area contributed by atoms with E-state index < -0.39 is 23.7 Å². The molecular weight excluding hydrogens is 754 g/mol. The second kappa shape index (κ2) is 17.3. The number of piperidine rings is 2. The van der Waals surface area contributed by atoms with Gasteiger partial charge in [-0.2, -0.15) is 5.10 Å². The summed E-state index contributed by atoms with van der Waals surface area (Å²) in [5.41, 5.74) is 3.55. The molecule has 2 fully saturated rings. The molecule has 0 bridgehead atoms. The molecule has 2 amide bonds. The predicted octanol–water partition coefficient (Wildman–Crippen LogP) is 7.66. The van der Waals surface area contributed by atoms with Crippen LogP contribution in [-0.2, 0) is 15.0 Å². The quantitative estimate of drug-likeness (QED) is 0.0991. The van der Waals surface area contributed by atoms with Crippen LogP contribution in [0.4, 0.5) is 21.0 Å². The van der Waals surface area contributed by atoms with Gasteiger partial charge in [-0.3, -0.25) is 14.1 Å². The molecule has 59 heavy (non-hydrogen) atoms. The van der Waals surface area contributed by atoms with Crippen LogP contribution in [0.5, 0.6) is 11.5 Å². The maximum atomic E-state index is 14.3. The van der Waals surface area contributed by atoms with Gasteiger partial charge in [0.05, 0.1) is 23.6 Å². The first-order chi connectivity index (χ1) is 28.6. The Morgan fingerprint density at radius 1 is 0.932 bits per heavy atom. The number of alkyl halides is 1. The summed E-state index contributed by atoms with van der Waals surface area (Å²) in [4.78, 5) is 36.3. The third-order valence-electron chi connectivity index (χ3n) is 11.7. The SMILES string of the molecule is C[C@H]1CCCCN1c1nnc2ccc(O[C@@H]3CC[C@H](NC(=O)N(OC=O)c4cc(C(C)(C)C)nn4-c4cccc(OCCN5CCC(F)CC5)c4)c4ccccc43)cn12. The molecule has 312 valence electrons. The molecule has 0 unspecified atom stereocenters. The number of amides is 2. The van der Waals surface area contributed by atoms with E-state index in [0.717, 1.165) is 47.2 Å². The average molecular weight is 808 g/mol. The van der Waals surface area contributed by atoms with Crippen molar-refractivity contribution >= 4 is 29.9 Å². The summed E-state index contributed by atoms with van der Waals surface area (Å²) in [5.74, 6) is 2.39. The van der Waals surface area contributed by atoms with Gasteiger partial charge in [-0.25, -0.2) is 13.9 Å². The van der Waals surface area contributed by atoms with E-state index >= 15 is 0 Å². The number of nitrogens with zero attached hydrogens (tertiary/aromatic N) is 8. The van der Waals surface area contributed by atoms with Gasteiger partial charge in [-0.15, -0.1) is 15.3 Å². The number of carbonyl (C=O) groups is 2. The molecule has 8 rings (SSSR count). The molecule has 2 aromatic carbocycles. The van der Waals surface area contributed by atoms with Gasteiger partial charge >= 0.3 is 12.5 Å². The molecule has 14 nitrogen and oxygen atoms in total. The summed E-state index contributed by atoms with van der Waals surface area (Å²) in [5, 5.41) is 17.9. The predicted molar refractivity (Wildman–Crippen MR) is 222 cm³/mol. The lowest BCUT2D eigenvalue weighted by atomic mass is 9.85. The zero-order valence-corrected chi connectivity index (χ0v) is 34.3. The number of fused-ring (bicyclic) bond motifs is 2. The Kier molecular flexibility index (Phi) is 11.7. The first-order valence-electron chi connectivity index (χ1n) is 20.8. The van der Waals surface area contributed by atoms with Crippen LogP contribution in [0.25, 0.3) is 11.3 Å². The van der Waals surface area contributed by atoms with Gasteiger partial charge in [0.15, 0.2) is 11.5 Å². The van der Waals surface area contributed by atoms with Gasteiger partial charge in [-0.1, -0.05) is 51.1 Å². The smallest absolute Gasteiger partial charge is 0.357 e. The van der Waals surface area contributed by atoms with E-state index in [0.29, 0.717) is 80.8 Å². The molecule has 0 radical (unpaired) electrons. The monoisotopic (exact) mass is 807 g/mol. The summed E-state index contributed by atoms with van der Waals surface area (Å²) >= 11 is 0. The van der Waals surface area contributed by atoms with E-state index in [9.17, 15) is 14.0 Å². The number of aromatic nitrogens is 5. The van der Waals surface area contributed by atoms with Crippen molar-refractivity contribution in [2.45, 2.75) is 102 Å². The zero-order chi connectivity index (χ0) is 41.1. The number of urea groups is 1. The van der Waals surface area contributed by atoms with Crippen molar-refractivity contribution in [2.24, 2.45) is 0 Å². The highest BCUT2D eigenvalue weighted by Crippen LogP contribution is 2.40. The highest BCUT2D eigenvalue weighted by Gasteiger charge is 2.34. The van der Waals surface area contributed by atoms with E-state index in [4.69, 9.17) is 19.4 Å². The largest absolute Gasteiger partial charge is 0.492 e. The summed E-state index contributed by atoms with van der Waals surface area (Å²) in [6, 6.07) is 20.3. The third kappa shape index (κ3) is 8.85. The van der Waals surface area contributed by atoms with E-state index in [2.05, 4.69) is 32.2 Å². The fraction of sp³-hybridized carbons (Fsp3) is 0.477. The highest BCUT2D eigenvalue weighted by molar-refractivity contribution is 5.90. The molecule has 0 spiro atoms. The Morgan fingerprint density at radius 3 is 2.53 bits per heavy atom. The van der Waals surface area contributed by atoms with Crippen molar-refractivity contribution in [3.8, 4) is 17.2 Å². The van der Waals surface area contributed by atoms with Gasteiger partial charge in [0.1, 0.15) is 30.4 Å². The summed E-state index contributed by atoms with van der Waals surface area (Å²) < 4.78 is 30.0. The Hall–Kier alpha value is -5.70. The lowest BCUT2D eigenvalue weighted by molar-refractivity contribution is -0.129. The number of rotatable bonds is 12. The van der Waals surface area contributed by atoms with E-state index in [1.165, 1.54) is 6.42 Å². The molecule has 15 heteroatoms. The Balaban J connectivity index is 1.00. The number of hydrogen-bond acceptors (Lipinski definition) is 10. The first-order valence-corrected chi connectivity index (χ1v) is 20.8. The Labute approximate surface area is 344 Å². The zero-order valence-electron chi connectivity index (χ0n) is 34.3. The van der Waals surface area contributed by atoms with Crippen LogP contribution in [-0.4, -0.2) is 86.8 Å². The topological polar surface area (TPSA) is 132 Å². The lowest BCUT2D eigenvalue weighted by Gasteiger charge is -2.34. The van der Waals surface area contributed by atoms with Gasteiger partial charge in [0.25, 0.3) is 0 Å². The molecule has 5 heterocycles. The minimum absolute atomic E-state index is 0.238.